The average Bonchev–Trinajstić information content (AvgIpc) is 2.61. The van der Waals surface area contributed by atoms with Crippen LogP contribution in [0, 0.1) is 0 Å². The summed E-state index contributed by atoms with van der Waals surface area (Å²) in [5.41, 5.74) is 2.26. The van der Waals surface area contributed by atoms with Crippen molar-refractivity contribution >= 4 is 26.8 Å². The fraction of sp³-hybridized carbons (Fsp3) is 0. The van der Waals surface area contributed by atoms with Crippen LogP contribution in [0.25, 0.3) is 11.1 Å². The van der Waals surface area contributed by atoms with Crippen LogP contribution in [0.2, 0.25) is 0 Å². The van der Waals surface area contributed by atoms with E-state index in [1.165, 1.54) is 0 Å². The molecule has 1 heterocycles. The summed E-state index contributed by atoms with van der Waals surface area (Å²) in [6.07, 6.45) is 0. The van der Waals surface area contributed by atoms with Crippen molar-refractivity contribution in [3.8, 4) is 11.1 Å². The van der Waals surface area contributed by atoms with Crippen LogP contribution in [-0.4, -0.2) is 13.6 Å². The maximum Gasteiger partial charge on any atom is 0.284 e. The maximum absolute atomic E-state index is 11.8. The van der Waals surface area contributed by atoms with Crippen molar-refractivity contribution in [3.63, 3.8) is 0 Å². The molecule has 3 nitrogen and oxygen atoms in total. The Morgan fingerprint density at radius 1 is 0.944 bits per heavy atom. The van der Waals surface area contributed by atoms with Gasteiger partial charge >= 0.3 is 0 Å². The fourth-order valence-corrected chi connectivity index (χ4v) is 3.54. The first-order chi connectivity index (χ1) is 8.58. The van der Waals surface area contributed by atoms with Crippen molar-refractivity contribution in [2.24, 2.45) is 4.40 Å². The van der Waals surface area contributed by atoms with Crippen LogP contribution in [-0.2, 0) is 10.0 Å². The van der Waals surface area contributed by atoms with Crippen molar-refractivity contribution in [2.75, 3.05) is 0 Å². The molecule has 0 saturated carbocycles. The van der Waals surface area contributed by atoms with Crippen LogP contribution < -0.4 is 0 Å². The third-order valence-corrected chi connectivity index (χ3v) is 4.49. The number of hydrogen-bond acceptors (Lipinski definition) is 2. The van der Waals surface area contributed by atoms with E-state index in [9.17, 15) is 8.42 Å². The van der Waals surface area contributed by atoms with Crippen molar-refractivity contribution < 1.29 is 8.42 Å². The Morgan fingerprint density at radius 2 is 1.67 bits per heavy atom. The molecule has 0 aliphatic carbocycles. The number of fused-ring (bicyclic) bond motifs is 1. The summed E-state index contributed by atoms with van der Waals surface area (Å²) >= 11 is 5.80. The monoisotopic (exact) mass is 277 g/mol. The lowest BCUT2D eigenvalue weighted by Crippen LogP contribution is -1.94. The van der Waals surface area contributed by atoms with Gasteiger partial charge in [-0.25, -0.2) is 0 Å². The molecule has 3 rings (SSSR count). The summed E-state index contributed by atoms with van der Waals surface area (Å²) in [7, 11) is -3.63. The van der Waals surface area contributed by atoms with Crippen LogP contribution in [0.4, 0.5) is 0 Å². The molecule has 0 unspecified atom stereocenters. The Hall–Kier alpha value is -1.65. The second-order valence-corrected chi connectivity index (χ2v) is 5.86. The number of benzene rings is 2. The molecule has 0 radical (unpaired) electrons. The minimum atomic E-state index is -3.63. The number of sulfonamides is 1. The van der Waals surface area contributed by atoms with E-state index in [4.69, 9.17) is 11.6 Å². The molecule has 0 saturated heterocycles. The molecule has 0 amide bonds. The zero-order valence-corrected chi connectivity index (χ0v) is 10.7. The Morgan fingerprint density at radius 3 is 2.39 bits per heavy atom. The van der Waals surface area contributed by atoms with Crippen molar-refractivity contribution in [2.45, 2.75) is 4.90 Å². The Kier molecular flexibility index (Phi) is 2.50. The zero-order valence-electron chi connectivity index (χ0n) is 9.17. The summed E-state index contributed by atoms with van der Waals surface area (Å²) in [5.74, 6) is 0. The number of hydrogen-bond donors (Lipinski definition) is 0. The second kappa shape index (κ2) is 3.93. The van der Waals surface area contributed by atoms with Gasteiger partial charge in [0, 0.05) is 5.56 Å². The van der Waals surface area contributed by atoms with Crippen molar-refractivity contribution in [1.82, 2.24) is 0 Å². The van der Waals surface area contributed by atoms with E-state index in [-0.39, 0.29) is 10.1 Å². The Bertz CT molecular complexity index is 752. The third-order valence-electron chi connectivity index (χ3n) is 2.79. The van der Waals surface area contributed by atoms with Crippen LogP contribution in [0.1, 0.15) is 5.56 Å². The van der Waals surface area contributed by atoms with Gasteiger partial charge in [-0.1, -0.05) is 48.0 Å². The molecule has 90 valence electrons. The molecule has 1 aliphatic rings. The largest absolute Gasteiger partial charge is 0.284 e. The molecule has 0 spiro atoms. The summed E-state index contributed by atoms with van der Waals surface area (Å²) in [6.45, 7) is 0. The Balaban J connectivity index is 2.21. The van der Waals surface area contributed by atoms with E-state index in [0.29, 0.717) is 5.56 Å². The van der Waals surface area contributed by atoms with E-state index >= 15 is 0 Å². The molecule has 0 aromatic heterocycles. The summed E-state index contributed by atoms with van der Waals surface area (Å²) in [6, 6.07) is 14.7. The summed E-state index contributed by atoms with van der Waals surface area (Å²) in [5, 5.41) is 0.0320. The quantitative estimate of drug-likeness (QED) is 0.804. The highest BCUT2D eigenvalue weighted by atomic mass is 35.5. The Labute approximate surface area is 110 Å². The van der Waals surface area contributed by atoms with E-state index in [0.717, 1.165) is 11.1 Å². The highest BCUT2D eigenvalue weighted by Gasteiger charge is 2.28. The lowest BCUT2D eigenvalue weighted by atomic mass is 10.0. The predicted molar refractivity (Wildman–Crippen MR) is 71.5 cm³/mol. The molecule has 0 atom stereocenters. The lowest BCUT2D eigenvalue weighted by Gasteiger charge is -2.04. The van der Waals surface area contributed by atoms with Crippen LogP contribution >= 0.6 is 11.6 Å². The molecule has 0 bridgehead atoms. The van der Waals surface area contributed by atoms with Gasteiger partial charge in [0.15, 0.2) is 5.17 Å². The zero-order chi connectivity index (χ0) is 12.8. The van der Waals surface area contributed by atoms with Gasteiger partial charge < -0.3 is 0 Å². The molecule has 5 heteroatoms. The molecule has 2 aromatic carbocycles. The topological polar surface area (TPSA) is 46.5 Å². The van der Waals surface area contributed by atoms with Gasteiger partial charge in [0.05, 0.1) is 0 Å². The summed E-state index contributed by atoms with van der Waals surface area (Å²) < 4.78 is 27.0. The fourth-order valence-electron chi connectivity index (χ4n) is 1.92. The van der Waals surface area contributed by atoms with E-state index < -0.39 is 10.0 Å². The van der Waals surface area contributed by atoms with E-state index in [1.807, 2.05) is 36.4 Å². The predicted octanol–water partition coefficient (Wildman–Crippen LogP) is 3.04. The van der Waals surface area contributed by atoms with Crippen LogP contribution in [0.3, 0.4) is 0 Å². The number of nitrogens with zero attached hydrogens (tertiary/aromatic N) is 1. The molecule has 1 aliphatic heterocycles. The van der Waals surface area contributed by atoms with Gasteiger partial charge in [-0.3, -0.25) is 0 Å². The SMILES string of the molecule is O=S1(=O)N=C(Cl)c2ccc(-c3ccccc3)cc21. The third kappa shape index (κ3) is 1.74. The number of halogens is 1. The van der Waals surface area contributed by atoms with Crippen LogP contribution in [0.15, 0.2) is 57.8 Å². The van der Waals surface area contributed by atoms with Gasteiger partial charge in [0.2, 0.25) is 0 Å². The highest BCUT2D eigenvalue weighted by Crippen LogP contribution is 2.31. The van der Waals surface area contributed by atoms with Gasteiger partial charge in [-0.2, -0.15) is 8.42 Å². The molecule has 0 fully saturated rings. The minimum Gasteiger partial charge on any atom is -0.199 e. The average molecular weight is 278 g/mol. The van der Waals surface area contributed by atoms with E-state index in [2.05, 4.69) is 4.40 Å². The maximum atomic E-state index is 11.8. The molecular weight excluding hydrogens is 270 g/mol. The first-order valence-corrected chi connectivity index (χ1v) is 7.10. The number of rotatable bonds is 1. The lowest BCUT2D eigenvalue weighted by molar-refractivity contribution is 0.599. The standard InChI is InChI=1S/C13H8ClNO2S/c14-13-11-7-6-10(9-4-2-1-3-5-9)8-12(11)18(16,17)15-13/h1-8H. The molecular formula is C13H8ClNO2S. The van der Waals surface area contributed by atoms with Crippen LogP contribution in [0.5, 0.6) is 0 Å². The first-order valence-electron chi connectivity index (χ1n) is 5.28. The normalized spacial score (nSPS) is 16.2. The highest BCUT2D eigenvalue weighted by molar-refractivity contribution is 7.91. The molecule has 0 N–H and O–H groups in total. The van der Waals surface area contributed by atoms with Gasteiger partial charge in [0.25, 0.3) is 10.0 Å². The van der Waals surface area contributed by atoms with Gasteiger partial charge in [-0.05, 0) is 23.3 Å². The minimum absolute atomic E-state index is 0.0320. The van der Waals surface area contributed by atoms with Gasteiger partial charge in [0.1, 0.15) is 4.90 Å². The first kappa shape index (κ1) is 11.4. The summed E-state index contributed by atoms with van der Waals surface area (Å²) in [4.78, 5) is 0.175. The van der Waals surface area contributed by atoms with Gasteiger partial charge in [-0.15, -0.1) is 4.40 Å². The van der Waals surface area contributed by atoms with E-state index in [1.54, 1.807) is 12.1 Å². The molecule has 18 heavy (non-hydrogen) atoms. The second-order valence-electron chi connectivity index (χ2n) is 3.93. The molecule has 2 aromatic rings. The smallest absolute Gasteiger partial charge is 0.199 e. The van der Waals surface area contributed by atoms with Crippen molar-refractivity contribution in [3.05, 3.63) is 54.1 Å². The van der Waals surface area contributed by atoms with Crippen molar-refractivity contribution in [1.29, 1.82) is 0 Å².